The summed E-state index contributed by atoms with van der Waals surface area (Å²) in [6, 6.07) is 24.4. The summed E-state index contributed by atoms with van der Waals surface area (Å²) in [5.74, 6) is 1.95. The summed E-state index contributed by atoms with van der Waals surface area (Å²) in [5.41, 5.74) is 1.78. The molecule has 0 heterocycles. The quantitative estimate of drug-likeness (QED) is 0.667. The summed E-state index contributed by atoms with van der Waals surface area (Å²) in [5, 5.41) is 2.85. The molecule has 4 nitrogen and oxygen atoms in total. The third kappa shape index (κ3) is 4.86. The number of rotatable bonds is 6. The number of anilines is 1. The van der Waals surface area contributed by atoms with Gasteiger partial charge in [-0.15, -0.1) is 0 Å². The fraction of sp³-hybridized carbons (Fsp3) is 0.136. The van der Waals surface area contributed by atoms with Gasteiger partial charge < -0.3 is 14.8 Å². The molecule has 132 valence electrons. The minimum atomic E-state index is -0.600. The Morgan fingerprint density at radius 2 is 1.50 bits per heavy atom. The minimum absolute atomic E-state index is 0.205. The van der Waals surface area contributed by atoms with Crippen LogP contribution in [-0.4, -0.2) is 12.0 Å². The number of carbonyl (C=O) groups excluding carboxylic acids is 1. The Labute approximate surface area is 153 Å². The van der Waals surface area contributed by atoms with Crippen LogP contribution in [0.1, 0.15) is 12.5 Å². The molecule has 0 aliphatic carbocycles. The predicted octanol–water partition coefficient (Wildman–Crippen LogP) is 5.19. The second-order valence-corrected chi connectivity index (χ2v) is 6.01. The molecular formula is C22H21NO3. The highest BCUT2D eigenvalue weighted by Gasteiger charge is 2.15. The topological polar surface area (TPSA) is 47.6 Å². The molecule has 26 heavy (non-hydrogen) atoms. The third-order valence-electron chi connectivity index (χ3n) is 3.77. The summed E-state index contributed by atoms with van der Waals surface area (Å²) < 4.78 is 11.4. The van der Waals surface area contributed by atoms with Crippen LogP contribution < -0.4 is 14.8 Å². The molecule has 3 aromatic rings. The smallest absolute Gasteiger partial charge is 0.265 e. The molecule has 3 rings (SSSR count). The lowest BCUT2D eigenvalue weighted by Gasteiger charge is -2.15. The highest BCUT2D eigenvalue weighted by atomic mass is 16.5. The lowest BCUT2D eigenvalue weighted by Crippen LogP contribution is -2.30. The van der Waals surface area contributed by atoms with Crippen molar-refractivity contribution >= 4 is 11.6 Å². The van der Waals surface area contributed by atoms with Gasteiger partial charge in [-0.1, -0.05) is 30.3 Å². The van der Waals surface area contributed by atoms with Gasteiger partial charge in [-0.25, -0.2) is 0 Å². The van der Waals surface area contributed by atoms with Gasteiger partial charge in [0.25, 0.3) is 5.91 Å². The molecule has 0 spiro atoms. The molecule has 0 fully saturated rings. The van der Waals surface area contributed by atoms with E-state index in [1.54, 1.807) is 19.1 Å². The fourth-order valence-electron chi connectivity index (χ4n) is 2.42. The van der Waals surface area contributed by atoms with Gasteiger partial charge in [0.15, 0.2) is 6.10 Å². The first kappa shape index (κ1) is 17.5. The molecule has 0 aliphatic heterocycles. The van der Waals surface area contributed by atoms with Crippen LogP contribution in [0.3, 0.4) is 0 Å². The number of nitrogens with one attached hydrogen (secondary N) is 1. The van der Waals surface area contributed by atoms with Crippen LogP contribution >= 0.6 is 0 Å². The monoisotopic (exact) mass is 347 g/mol. The van der Waals surface area contributed by atoms with Crippen molar-refractivity contribution in [2.75, 3.05) is 5.32 Å². The van der Waals surface area contributed by atoms with Crippen LogP contribution in [0, 0.1) is 6.92 Å². The lowest BCUT2D eigenvalue weighted by molar-refractivity contribution is -0.122. The highest BCUT2D eigenvalue weighted by molar-refractivity contribution is 5.94. The molecule has 0 radical (unpaired) electrons. The van der Waals surface area contributed by atoms with Crippen LogP contribution in [-0.2, 0) is 4.79 Å². The molecule has 1 N–H and O–H groups in total. The molecule has 4 heteroatoms. The fourth-order valence-corrected chi connectivity index (χ4v) is 2.42. The van der Waals surface area contributed by atoms with E-state index in [0.717, 1.165) is 11.3 Å². The van der Waals surface area contributed by atoms with E-state index in [2.05, 4.69) is 5.32 Å². The second kappa shape index (κ2) is 8.21. The van der Waals surface area contributed by atoms with E-state index in [0.29, 0.717) is 17.2 Å². The Kier molecular flexibility index (Phi) is 5.54. The molecule has 0 aliphatic rings. The van der Waals surface area contributed by atoms with Crippen molar-refractivity contribution in [3.8, 4) is 17.2 Å². The Morgan fingerprint density at radius 1 is 0.846 bits per heavy atom. The van der Waals surface area contributed by atoms with Gasteiger partial charge in [-0.05, 0) is 67.9 Å². The molecule has 0 saturated carbocycles. The highest BCUT2D eigenvalue weighted by Crippen LogP contribution is 2.23. The molecule has 1 atom stereocenters. The van der Waals surface area contributed by atoms with E-state index < -0.39 is 6.10 Å². The summed E-state index contributed by atoms with van der Waals surface area (Å²) >= 11 is 0. The summed E-state index contributed by atoms with van der Waals surface area (Å²) in [6.07, 6.45) is -0.600. The van der Waals surface area contributed by atoms with Gasteiger partial charge in [-0.3, -0.25) is 4.79 Å². The Morgan fingerprint density at radius 3 is 2.19 bits per heavy atom. The van der Waals surface area contributed by atoms with Gasteiger partial charge in [0.2, 0.25) is 0 Å². The van der Waals surface area contributed by atoms with Crippen LogP contribution in [0.15, 0.2) is 78.9 Å². The Bertz CT molecular complexity index is 860. The molecule has 0 aromatic heterocycles. The van der Waals surface area contributed by atoms with Crippen molar-refractivity contribution in [3.05, 3.63) is 84.4 Å². The SMILES string of the molecule is Cc1cccc(O[C@@H](C)C(=O)Nc2ccc(Oc3ccccc3)cc2)c1. The van der Waals surface area contributed by atoms with E-state index in [1.165, 1.54) is 0 Å². The number of ether oxygens (including phenoxy) is 2. The van der Waals surface area contributed by atoms with Gasteiger partial charge in [0.1, 0.15) is 17.2 Å². The van der Waals surface area contributed by atoms with E-state index >= 15 is 0 Å². The first-order chi connectivity index (χ1) is 12.6. The number of amides is 1. The molecule has 0 unspecified atom stereocenters. The normalized spacial score (nSPS) is 11.5. The number of carbonyl (C=O) groups is 1. The van der Waals surface area contributed by atoms with Crippen molar-refractivity contribution in [1.82, 2.24) is 0 Å². The number of para-hydroxylation sites is 1. The van der Waals surface area contributed by atoms with Crippen molar-refractivity contribution in [2.24, 2.45) is 0 Å². The predicted molar refractivity (Wildman–Crippen MR) is 103 cm³/mol. The van der Waals surface area contributed by atoms with E-state index in [1.807, 2.05) is 73.7 Å². The van der Waals surface area contributed by atoms with Gasteiger partial charge in [-0.2, -0.15) is 0 Å². The zero-order valence-electron chi connectivity index (χ0n) is 14.8. The Hall–Kier alpha value is -3.27. The van der Waals surface area contributed by atoms with Crippen LogP contribution in [0.2, 0.25) is 0 Å². The summed E-state index contributed by atoms with van der Waals surface area (Å²) in [6.45, 7) is 3.71. The molecular weight excluding hydrogens is 326 g/mol. The van der Waals surface area contributed by atoms with Crippen molar-refractivity contribution < 1.29 is 14.3 Å². The number of hydrogen-bond acceptors (Lipinski definition) is 3. The second-order valence-electron chi connectivity index (χ2n) is 6.01. The third-order valence-corrected chi connectivity index (χ3v) is 3.77. The molecule has 0 saturated heterocycles. The lowest BCUT2D eigenvalue weighted by atomic mass is 10.2. The van der Waals surface area contributed by atoms with E-state index in [-0.39, 0.29) is 5.91 Å². The van der Waals surface area contributed by atoms with Gasteiger partial charge in [0, 0.05) is 5.69 Å². The Balaban J connectivity index is 1.57. The maximum atomic E-state index is 12.3. The zero-order valence-corrected chi connectivity index (χ0v) is 14.8. The number of benzene rings is 3. The van der Waals surface area contributed by atoms with Gasteiger partial charge >= 0.3 is 0 Å². The molecule has 3 aromatic carbocycles. The van der Waals surface area contributed by atoms with Crippen LogP contribution in [0.25, 0.3) is 0 Å². The molecule has 1 amide bonds. The van der Waals surface area contributed by atoms with Crippen LogP contribution in [0.5, 0.6) is 17.2 Å². The average Bonchev–Trinajstić information content (AvgIpc) is 2.64. The maximum Gasteiger partial charge on any atom is 0.265 e. The van der Waals surface area contributed by atoms with Gasteiger partial charge in [0.05, 0.1) is 0 Å². The minimum Gasteiger partial charge on any atom is -0.481 e. The van der Waals surface area contributed by atoms with Crippen molar-refractivity contribution in [3.63, 3.8) is 0 Å². The maximum absolute atomic E-state index is 12.3. The largest absolute Gasteiger partial charge is 0.481 e. The molecule has 0 bridgehead atoms. The summed E-state index contributed by atoms with van der Waals surface area (Å²) in [4.78, 5) is 12.3. The number of aryl methyl sites for hydroxylation is 1. The average molecular weight is 347 g/mol. The number of hydrogen-bond donors (Lipinski definition) is 1. The first-order valence-electron chi connectivity index (χ1n) is 8.47. The van der Waals surface area contributed by atoms with E-state index in [4.69, 9.17) is 9.47 Å². The summed E-state index contributed by atoms with van der Waals surface area (Å²) in [7, 11) is 0. The van der Waals surface area contributed by atoms with Crippen molar-refractivity contribution in [1.29, 1.82) is 0 Å². The van der Waals surface area contributed by atoms with Crippen molar-refractivity contribution in [2.45, 2.75) is 20.0 Å². The van der Waals surface area contributed by atoms with Crippen LogP contribution in [0.4, 0.5) is 5.69 Å². The zero-order chi connectivity index (χ0) is 18.4. The first-order valence-corrected chi connectivity index (χ1v) is 8.47. The standard InChI is InChI=1S/C22H21NO3/c1-16-7-6-10-21(15-16)25-17(2)22(24)23-18-11-13-20(14-12-18)26-19-8-4-3-5-9-19/h3-15,17H,1-2H3,(H,23,24)/t17-/m0/s1. The van der Waals surface area contributed by atoms with E-state index in [9.17, 15) is 4.79 Å².